The van der Waals surface area contributed by atoms with Gasteiger partial charge in [-0.25, -0.2) is 13.4 Å². The van der Waals surface area contributed by atoms with E-state index in [0.717, 1.165) is 31.4 Å². The number of carbonyl (C=O) groups excluding carboxylic acids is 1. The van der Waals surface area contributed by atoms with E-state index in [1.54, 1.807) is 39.9 Å². The lowest BCUT2D eigenvalue weighted by molar-refractivity contribution is -0.180. The van der Waals surface area contributed by atoms with Crippen molar-refractivity contribution in [2.75, 3.05) is 13.1 Å². The molecule has 1 spiro atoms. The first kappa shape index (κ1) is 20.2. The van der Waals surface area contributed by atoms with E-state index in [2.05, 4.69) is 9.88 Å². The van der Waals surface area contributed by atoms with Crippen LogP contribution in [-0.4, -0.2) is 47.6 Å². The van der Waals surface area contributed by atoms with Crippen molar-refractivity contribution >= 4 is 27.3 Å². The molecule has 0 N–H and O–H groups in total. The van der Waals surface area contributed by atoms with Crippen LogP contribution in [0.2, 0.25) is 0 Å². The molecule has 1 aromatic carbocycles. The lowest BCUT2D eigenvalue weighted by Gasteiger charge is -2.58. The van der Waals surface area contributed by atoms with Crippen molar-refractivity contribution in [1.82, 2.24) is 14.2 Å². The molecule has 0 bridgehead atoms. The zero-order valence-electron chi connectivity index (χ0n) is 17.2. The van der Waals surface area contributed by atoms with E-state index in [1.165, 1.54) is 4.88 Å². The summed E-state index contributed by atoms with van der Waals surface area (Å²) in [6.07, 6.45) is 5.52. The summed E-state index contributed by atoms with van der Waals surface area (Å²) in [5.41, 5.74) is 2.66. The number of rotatable bonds is 4. The summed E-state index contributed by atoms with van der Waals surface area (Å²) in [5.74, 6) is 0.280. The Morgan fingerprint density at radius 2 is 1.77 bits per heavy atom. The van der Waals surface area contributed by atoms with Gasteiger partial charge in [-0.2, -0.15) is 4.31 Å². The number of aryl methyl sites for hydroxylation is 1. The van der Waals surface area contributed by atoms with Gasteiger partial charge in [0, 0.05) is 19.1 Å². The second kappa shape index (κ2) is 7.43. The zero-order valence-corrected chi connectivity index (χ0v) is 18.8. The Kier molecular flexibility index (Phi) is 4.99. The molecule has 3 heterocycles. The van der Waals surface area contributed by atoms with Gasteiger partial charge in [-0.15, -0.1) is 11.3 Å². The second-order valence-electron chi connectivity index (χ2n) is 8.73. The van der Waals surface area contributed by atoms with Crippen LogP contribution in [0, 0.1) is 12.3 Å². The largest absolute Gasteiger partial charge is 0.330 e. The lowest BCUT2D eigenvalue weighted by Crippen LogP contribution is -2.66. The average molecular weight is 446 g/mol. The molecular formula is C22H27N3O3S2. The highest BCUT2D eigenvalue weighted by molar-refractivity contribution is 7.89. The first-order valence-electron chi connectivity index (χ1n) is 10.7. The van der Waals surface area contributed by atoms with E-state index in [4.69, 9.17) is 0 Å². The number of nitrogens with zero attached hydrogens (tertiary/aromatic N) is 3. The minimum absolute atomic E-state index is 0.0949. The molecule has 160 valence electrons. The first-order valence-corrected chi connectivity index (χ1v) is 13.0. The topological polar surface area (TPSA) is 70.6 Å². The maximum atomic E-state index is 13.4. The van der Waals surface area contributed by atoms with Crippen LogP contribution in [0.25, 0.3) is 0 Å². The van der Waals surface area contributed by atoms with Crippen LogP contribution in [0.3, 0.4) is 0 Å². The highest BCUT2D eigenvalue weighted by Crippen LogP contribution is 2.61. The van der Waals surface area contributed by atoms with Gasteiger partial charge in [-0.05, 0) is 44.7 Å². The maximum Gasteiger partial charge on any atom is 0.243 e. The molecule has 3 aliphatic rings. The predicted octanol–water partition coefficient (Wildman–Crippen LogP) is 3.75. The maximum absolute atomic E-state index is 13.4. The molecule has 1 amide bonds. The Morgan fingerprint density at radius 1 is 1.10 bits per heavy atom. The molecule has 3 fully saturated rings. The van der Waals surface area contributed by atoms with Crippen molar-refractivity contribution < 1.29 is 13.2 Å². The van der Waals surface area contributed by atoms with Crippen molar-refractivity contribution in [2.45, 2.75) is 62.4 Å². The normalized spacial score (nSPS) is 25.0. The third-order valence-electron chi connectivity index (χ3n) is 7.19. The number of sulfonamides is 1. The summed E-state index contributed by atoms with van der Waals surface area (Å²) in [5, 5.41) is 0. The van der Waals surface area contributed by atoms with Crippen LogP contribution in [0.15, 0.2) is 40.7 Å². The van der Waals surface area contributed by atoms with Gasteiger partial charge in [-0.3, -0.25) is 4.79 Å². The van der Waals surface area contributed by atoms with E-state index in [1.807, 2.05) is 18.5 Å². The molecule has 2 aromatic rings. The fourth-order valence-electron chi connectivity index (χ4n) is 5.61. The van der Waals surface area contributed by atoms with Gasteiger partial charge < -0.3 is 4.90 Å². The number of thiazole rings is 1. The Balaban J connectivity index is 1.36. The van der Waals surface area contributed by atoms with Crippen molar-refractivity contribution in [3.8, 4) is 0 Å². The minimum atomic E-state index is -3.48. The van der Waals surface area contributed by atoms with Gasteiger partial charge in [-0.1, -0.05) is 31.0 Å². The third kappa shape index (κ3) is 2.95. The number of likely N-dealkylation sites (tertiary alicyclic amines) is 1. The highest BCUT2D eigenvalue weighted by atomic mass is 32.2. The smallest absolute Gasteiger partial charge is 0.243 e. The van der Waals surface area contributed by atoms with Crippen molar-refractivity contribution in [2.24, 2.45) is 5.41 Å². The fraction of sp³-hybridized carbons (Fsp3) is 0.545. The van der Waals surface area contributed by atoms with Crippen LogP contribution < -0.4 is 0 Å². The summed E-state index contributed by atoms with van der Waals surface area (Å²) in [6, 6.07) is 8.82. The first-order chi connectivity index (χ1) is 14.4. The van der Waals surface area contributed by atoms with Crippen molar-refractivity contribution in [3.63, 3.8) is 0 Å². The van der Waals surface area contributed by atoms with Gasteiger partial charge in [0.25, 0.3) is 0 Å². The minimum Gasteiger partial charge on any atom is -0.330 e. The second-order valence-corrected chi connectivity index (χ2v) is 11.6. The quantitative estimate of drug-likeness (QED) is 0.672. The molecule has 1 aromatic heterocycles. The highest BCUT2D eigenvalue weighted by Gasteiger charge is 2.64. The van der Waals surface area contributed by atoms with Crippen LogP contribution in [0.4, 0.5) is 0 Å². The van der Waals surface area contributed by atoms with Gasteiger partial charge in [0.15, 0.2) is 0 Å². The number of carbonyl (C=O) groups is 1. The number of β-lactam (4-membered cyclic amide) rings is 1. The van der Waals surface area contributed by atoms with Gasteiger partial charge in [0.2, 0.25) is 15.9 Å². The number of piperidine rings is 1. The standard InChI is InChI=1S/C22H27N3O3S2/c1-16-19(29-15-23-16)20-22(11-5-6-12-22)21(26)25(20)17-9-13-24(14-10-17)30(27,28)18-7-3-2-4-8-18/h2-4,7-8,15,17,20H,5-6,9-14H2,1H3. The Labute approximate surface area is 182 Å². The number of hydrogen-bond donors (Lipinski definition) is 0. The van der Waals surface area contributed by atoms with E-state index >= 15 is 0 Å². The molecule has 2 saturated heterocycles. The summed E-state index contributed by atoms with van der Waals surface area (Å²) in [6.45, 7) is 2.94. The van der Waals surface area contributed by atoms with Crippen LogP contribution >= 0.6 is 11.3 Å². The molecule has 1 atom stereocenters. The number of benzene rings is 1. The predicted molar refractivity (Wildman–Crippen MR) is 116 cm³/mol. The molecule has 1 aliphatic carbocycles. The van der Waals surface area contributed by atoms with Gasteiger partial charge in [0.1, 0.15) is 0 Å². The number of amides is 1. The Morgan fingerprint density at radius 3 is 2.37 bits per heavy atom. The molecule has 8 heteroatoms. The molecule has 6 nitrogen and oxygen atoms in total. The summed E-state index contributed by atoms with van der Waals surface area (Å²) >= 11 is 1.65. The van der Waals surface area contributed by atoms with Crippen molar-refractivity contribution in [1.29, 1.82) is 0 Å². The molecule has 5 rings (SSSR count). The van der Waals surface area contributed by atoms with E-state index in [0.29, 0.717) is 30.8 Å². The molecule has 30 heavy (non-hydrogen) atoms. The summed E-state index contributed by atoms with van der Waals surface area (Å²) in [4.78, 5) is 21.5. The van der Waals surface area contributed by atoms with Gasteiger partial charge in [0.05, 0.1) is 32.4 Å². The fourth-order valence-corrected chi connectivity index (χ4v) is 8.12. The zero-order chi connectivity index (χ0) is 20.9. The number of hydrogen-bond acceptors (Lipinski definition) is 5. The third-order valence-corrected chi connectivity index (χ3v) is 10.1. The van der Waals surface area contributed by atoms with E-state index in [-0.39, 0.29) is 23.4 Å². The van der Waals surface area contributed by atoms with Gasteiger partial charge >= 0.3 is 0 Å². The molecule has 2 aliphatic heterocycles. The van der Waals surface area contributed by atoms with E-state index in [9.17, 15) is 13.2 Å². The summed E-state index contributed by atoms with van der Waals surface area (Å²) < 4.78 is 27.5. The Hall–Kier alpha value is -1.77. The SMILES string of the molecule is Cc1ncsc1C1N(C2CCN(S(=O)(=O)c3ccccc3)CC2)C(=O)C12CCCC2. The average Bonchev–Trinajstić information content (AvgIpc) is 3.43. The van der Waals surface area contributed by atoms with Crippen molar-refractivity contribution in [3.05, 3.63) is 46.4 Å². The van der Waals surface area contributed by atoms with Crippen LogP contribution in [0.5, 0.6) is 0 Å². The Bertz CT molecular complexity index is 1040. The summed E-state index contributed by atoms with van der Waals surface area (Å²) in [7, 11) is -3.48. The lowest BCUT2D eigenvalue weighted by atomic mass is 9.67. The monoisotopic (exact) mass is 445 g/mol. The molecular weight excluding hydrogens is 418 g/mol. The molecule has 1 unspecified atom stereocenters. The van der Waals surface area contributed by atoms with Crippen LogP contribution in [-0.2, 0) is 14.8 Å². The molecule has 1 saturated carbocycles. The van der Waals surface area contributed by atoms with Crippen LogP contribution in [0.1, 0.15) is 55.1 Å². The van der Waals surface area contributed by atoms with E-state index < -0.39 is 10.0 Å². The molecule has 0 radical (unpaired) electrons. The number of aromatic nitrogens is 1.